The van der Waals surface area contributed by atoms with E-state index in [9.17, 15) is 0 Å². The molecule has 0 spiro atoms. The van der Waals surface area contributed by atoms with Gasteiger partial charge in [0.2, 0.25) is 0 Å². The minimum absolute atomic E-state index is 0.106. The van der Waals surface area contributed by atoms with E-state index >= 15 is 0 Å². The van der Waals surface area contributed by atoms with E-state index in [4.69, 9.17) is 0 Å². The fourth-order valence-corrected chi connectivity index (χ4v) is 0.981. The van der Waals surface area contributed by atoms with Crippen LogP contribution in [0.25, 0.3) is 0 Å². The molecule has 1 aliphatic rings. The number of hydrogen-bond acceptors (Lipinski definition) is 2. The van der Waals surface area contributed by atoms with E-state index in [0.29, 0.717) is 0 Å². The highest BCUT2D eigenvalue weighted by Gasteiger charge is 2.11. The number of nitrogens with zero attached hydrogens (tertiary/aromatic N) is 1. The summed E-state index contributed by atoms with van der Waals surface area (Å²) in [6.45, 7) is 8.30. The van der Waals surface area contributed by atoms with E-state index in [0.717, 1.165) is 5.70 Å². The molecule has 0 saturated carbocycles. The third-order valence-electron chi connectivity index (χ3n) is 1.62. The Balaban J connectivity index is 0.000000671. The molecular formula is C11H20N2. The van der Waals surface area contributed by atoms with Crippen LogP contribution in [-0.2, 0) is 0 Å². The van der Waals surface area contributed by atoms with Gasteiger partial charge in [0.05, 0.1) is 0 Å². The highest BCUT2D eigenvalue weighted by Crippen LogP contribution is 2.21. The van der Waals surface area contributed by atoms with Gasteiger partial charge in [0.25, 0.3) is 0 Å². The van der Waals surface area contributed by atoms with Crippen molar-refractivity contribution >= 4 is 6.21 Å². The Bertz CT molecular complexity index is 222. The highest BCUT2D eigenvalue weighted by molar-refractivity contribution is 5.78. The van der Waals surface area contributed by atoms with Gasteiger partial charge in [0.15, 0.2) is 0 Å². The molecular weight excluding hydrogens is 160 g/mol. The highest BCUT2D eigenvalue weighted by atomic mass is 14.9. The Kier molecular flexibility index (Phi) is 5.12. The SMILES string of the molecule is CC.CNC1=CC(C)(C)C=CN=C1. The summed E-state index contributed by atoms with van der Waals surface area (Å²) in [6, 6.07) is 0. The van der Waals surface area contributed by atoms with Crippen molar-refractivity contribution in [2.75, 3.05) is 7.05 Å². The van der Waals surface area contributed by atoms with E-state index in [2.05, 4.69) is 36.3 Å². The van der Waals surface area contributed by atoms with Crippen molar-refractivity contribution in [2.45, 2.75) is 27.7 Å². The first-order valence-corrected chi connectivity index (χ1v) is 4.75. The van der Waals surface area contributed by atoms with Crippen LogP contribution >= 0.6 is 0 Å². The lowest BCUT2D eigenvalue weighted by molar-refractivity contribution is 0.619. The molecule has 0 atom stereocenters. The van der Waals surface area contributed by atoms with Gasteiger partial charge in [-0.2, -0.15) is 0 Å². The molecule has 0 amide bonds. The molecule has 1 rings (SSSR count). The summed E-state index contributed by atoms with van der Waals surface area (Å²) in [5.74, 6) is 0. The van der Waals surface area contributed by atoms with Crippen LogP contribution in [-0.4, -0.2) is 13.3 Å². The lowest BCUT2D eigenvalue weighted by Gasteiger charge is -2.14. The normalized spacial score (nSPS) is 18.1. The van der Waals surface area contributed by atoms with E-state index < -0.39 is 0 Å². The quantitative estimate of drug-likeness (QED) is 0.659. The zero-order chi connectivity index (χ0) is 10.3. The zero-order valence-electron chi connectivity index (χ0n) is 9.26. The molecule has 2 heteroatoms. The molecule has 13 heavy (non-hydrogen) atoms. The monoisotopic (exact) mass is 180 g/mol. The fraction of sp³-hybridized carbons (Fsp3) is 0.545. The van der Waals surface area contributed by atoms with E-state index in [1.807, 2.05) is 33.3 Å². The van der Waals surface area contributed by atoms with Gasteiger partial charge in [-0.15, -0.1) is 0 Å². The summed E-state index contributed by atoms with van der Waals surface area (Å²) in [4.78, 5) is 4.08. The number of aliphatic imine (C=N–C) groups is 1. The third kappa shape index (κ3) is 4.51. The second-order valence-corrected chi connectivity index (χ2v) is 3.26. The molecule has 0 radical (unpaired) electrons. The van der Waals surface area contributed by atoms with Gasteiger partial charge >= 0.3 is 0 Å². The van der Waals surface area contributed by atoms with Crippen LogP contribution in [0.1, 0.15) is 27.7 Å². The van der Waals surface area contributed by atoms with Crippen molar-refractivity contribution in [3.8, 4) is 0 Å². The van der Waals surface area contributed by atoms with Crippen LogP contribution in [0.15, 0.2) is 29.0 Å². The largest absolute Gasteiger partial charge is 0.387 e. The zero-order valence-corrected chi connectivity index (χ0v) is 9.26. The first-order chi connectivity index (χ1) is 6.14. The number of allylic oxidation sites excluding steroid dienone is 3. The molecule has 1 N–H and O–H groups in total. The number of nitrogens with one attached hydrogen (secondary N) is 1. The molecule has 1 aliphatic heterocycles. The van der Waals surface area contributed by atoms with Gasteiger partial charge in [-0.3, -0.25) is 4.99 Å². The Morgan fingerprint density at radius 3 is 2.46 bits per heavy atom. The minimum Gasteiger partial charge on any atom is -0.387 e. The maximum Gasteiger partial charge on any atom is 0.0496 e. The molecule has 0 saturated heterocycles. The molecule has 0 aromatic carbocycles. The van der Waals surface area contributed by atoms with Crippen LogP contribution in [0.3, 0.4) is 0 Å². The average molecular weight is 180 g/mol. The van der Waals surface area contributed by atoms with Crippen LogP contribution in [0.2, 0.25) is 0 Å². The van der Waals surface area contributed by atoms with Crippen molar-refractivity contribution in [3.05, 3.63) is 24.0 Å². The molecule has 0 aliphatic carbocycles. The summed E-state index contributed by atoms with van der Waals surface area (Å²) >= 11 is 0. The van der Waals surface area contributed by atoms with Gasteiger partial charge in [-0.05, 0) is 0 Å². The second kappa shape index (κ2) is 5.57. The second-order valence-electron chi connectivity index (χ2n) is 3.26. The van der Waals surface area contributed by atoms with Crippen molar-refractivity contribution in [3.63, 3.8) is 0 Å². The Morgan fingerprint density at radius 1 is 1.31 bits per heavy atom. The summed E-state index contributed by atoms with van der Waals surface area (Å²) in [7, 11) is 1.90. The number of hydrogen-bond donors (Lipinski definition) is 1. The first-order valence-electron chi connectivity index (χ1n) is 4.75. The Hall–Kier alpha value is -1.05. The van der Waals surface area contributed by atoms with Crippen LogP contribution in [0, 0.1) is 5.41 Å². The molecule has 2 nitrogen and oxygen atoms in total. The van der Waals surface area contributed by atoms with Crippen molar-refractivity contribution in [2.24, 2.45) is 10.4 Å². The van der Waals surface area contributed by atoms with E-state index in [1.165, 1.54) is 0 Å². The molecule has 74 valence electrons. The number of rotatable bonds is 1. The van der Waals surface area contributed by atoms with Crippen LogP contribution in [0.4, 0.5) is 0 Å². The molecule has 0 fully saturated rings. The van der Waals surface area contributed by atoms with Gasteiger partial charge in [0, 0.05) is 30.6 Å². The predicted octanol–water partition coefficient (Wildman–Crippen LogP) is 2.74. The Labute approximate surface area is 81.5 Å². The maximum absolute atomic E-state index is 4.08. The minimum atomic E-state index is 0.106. The average Bonchev–Trinajstić information content (AvgIpc) is 2.29. The maximum atomic E-state index is 4.08. The van der Waals surface area contributed by atoms with E-state index in [-0.39, 0.29) is 5.41 Å². The smallest absolute Gasteiger partial charge is 0.0496 e. The molecule has 0 aromatic heterocycles. The summed E-state index contributed by atoms with van der Waals surface area (Å²) in [5.41, 5.74) is 1.18. The summed E-state index contributed by atoms with van der Waals surface area (Å²) < 4.78 is 0. The predicted molar refractivity (Wildman–Crippen MR) is 59.9 cm³/mol. The Morgan fingerprint density at radius 2 is 1.92 bits per heavy atom. The molecule has 0 aromatic rings. The van der Waals surface area contributed by atoms with Gasteiger partial charge in [-0.1, -0.05) is 39.8 Å². The summed E-state index contributed by atoms with van der Waals surface area (Å²) in [6.07, 6.45) is 7.89. The molecule has 0 unspecified atom stereocenters. The standard InChI is InChI=1S/C9H14N2.C2H6/c1-9(2)4-5-11-7-8(6-9)10-3;1-2/h4-7,10H,1-3H3;1-2H3. The van der Waals surface area contributed by atoms with Crippen LogP contribution in [0.5, 0.6) is 0 Å². The fourth-order valence-electron chi connectivity index (χ4n) is 0.981. The topological polar surface area (TPSA) is 24.4 Å². The third-order valence-corrected chi connectivity index (χ3v) is 1.62. The van der Waals surface area contributed by atoms with Gasteiger partial charge < -0.3 is 5.32 Å². The van der Waals surface area contributed by atoms with Gasteiger partial charge in [-0.25, -0.2) is 0 Å². The lowest BCUT2D eigenvalue weighted by Crippen LogP contribution is -2.11. The van der Waals surface area contributed by atoms with Gasteiger partial charge in [0.1, 0.15) is 0 Å². The van der Waals surface area contributed by atoms with Crippen molar-refractivity contribution in [1.29, 1.82) is 0 Å². The molecule has 1 heterocycles. The lowest BCUT2D eigenvalue weighted by atomic mass is 9.93. The first kappa shape index (κ1) is 11.9. The van der Waals surface area contributed by atoms with Crippen LogP contribution < -0.4 is 5.32 Å². The van der Waals surface area contributed by atoms with E-state index in [1.54, 1.807) is 0 Å². The summed E-state index contributed by atoms with van der Waals surface area (Å²) in [5, 5.41) is 3.07. The van der Waals surface area contributed by atoms with Crippen molar-refractivity contribution in [1.82, 2.24) is 5.32 Å². The molecule has 0 bridgehead atoms. The van der Waals surface area contributed by atoms with Crippen molar-refractivity contribution < 1.29 is 0 Å².